The van der Waals surface area contributed by atoms with Crippen LogP contribution in [0, 0.1) is 0 Å². The molecule has 0 radical (unpaired) electrons. The highest BCUT2D eigenvalue weighted by molar-refractivity contribution is 5.43. The maximum Gasteiger partial charge on any atom is 0.161 e. The van der Waals surface area contributed by atoms with Gasteiger partial charge in [-0.2, -0.15) is 0 Å². The van der Waals surface area contributed by atoms with Crippen LogP contribution in [0.15, 0.2) is 18.2 Å². The van der Waals surface area contributed by atoms with Gasteiger partial charge in [0.1, 0.15) is 13.2 Å². The summed E-state index contributed by atoms with van der Waals surface area (Å²) in [6.07, 6.45) is 3.92. The smallest absolute Gasteiger partial charge is 0.161 e. The molecule has 1 heterocycles. The van der Waals surface area contributed by atoms with E-state index in [0.29, 0.717) is 13.2 Å². The molecule has 0 unspecified atom stereocenters. The molecule has 0 aromatic heterocycles. The van der Waals surface area contributed by atoms with Gasteiger partial charge >= 0.3 is 0 Å². The first kappa shape index (κ1) is 12.8. The number of aliphatic hydroxyl groups is 1. The Kier molecular flexibility index (Phi) is 3.89. The van der Waals surface area contributed by atoms with Crippen molar-refractivity contribution in [2.24, 2.45) is 0 Å². The Morgan fingerprint density at radius 3 is 2.79 bits per heavy atom. The summed E-state index contributed by atoms with van der Waals surface area (Å²) in [7, 11) is 0. The molecule has 1 aliphatic heterocycles. The maximum atomic E-state index is 9.75. The van der Waals surface area contributed by atoms with Gasteiger partial charge in [0.15, 0.2) is 11.5 Å². The molecule has 2 atom stereocenters. The summed E-state index contributed by atoms with van der Waals surface area (Å²) >= 11 is 0. The second-order valence-corrected chi connectivity index (χ2v) is 5.29. The zero-order chi connectivity index (χ0) is 13.1. The van der Waals surface area contributed by atoms with E-state index in [9.17, 15) is 5.11 Å². The number of nitrogens with one attached hydrogen (secondary N) is 1. The van der Waals surface area contributed by atoms with Gasteiger partial charge in [-0.3, -0.25) is 0 Å². The van der Waals surface area contributed by atoms with Gasteiger partial charge in [0.25, 0.3) is 0 Å². The summed E-state index contributed by atoms with van der Waals surface area (Å²) in [5, 5.41) is 13.2. The molecule has 2 aliphatic rings. The minimum atomic E-state index is -0.166. The maximum absolute atomic E-state index is 9.75. The minimum Gasteiger partial charge on any atom is -0.486 e. The van der Waals surface area contributed by atoms with E-state index in [-0.39, 0.29) is 12.1 Å². The van der Waals surface area contributed by atoms with Crippen molar-refractivity contribution < 1.29 is 14.6 Å². The molecule has 4 nitrogen and oxygen atoms in total. The van der Waals surface area contributed by atoms with Gasteiger partial charge in [-0.1, -0.05) is 6.07 Å². The predicted molar refractivity (Wildman–Crippen MR) is 72.8 cm³/mol. The average Bonchev–Trinajstić information content (AvgIpc) is 2.84. The van der Waals surface area contributed by atoms with E-state index < -0.39 is 0 Å². The molecule has 1 fully saturated rings. The highest BCUT2D eigenvalue weighted by Crippen LogP contribution is 2.30. The monoisotopic (exact) mass is 263 g/mol. The van der Waals surface area contributed by atoms with Crippen LogP contribution in [-0.2, 0) is 6.42 Å². The number of benzene rings is 1. The molecule has 1 aromatic carbocycles. The lowest BCUT2D eigenvalue weighted by atomic mass is 10.1. The number of rotatable bonds is 4. The highest BCUT2D eigenvalue weighted by Gasteiger charge is 2.24. The molecular formula is C15H21NO3. The van der Waals surface area contributed by atoms with E-state index in [4.69, 9.17) is 9.47 Å². The average molecular weight is 263 g/mol. The fourth-order valence-electron chi connectivity index (χ4n) is 2.82. The van der Waals surface area contributed by atoms with Crippen LogP contribution in [0.1, 0.15) is 24.8 Å². The normalized spacial score (nSPS) is 25.5. The van der Waals surface area contributed by atoms with Crippen LogP contribution < -0.4 is 14.8 Å². The Hall–Kier alpha value is -1.26. The zero-order valence-corrected chi connectivity index (χ0v) is 11.1. The van der Waals surface area contributed by atoms with Gasteiger partial charge in [0, 0.05) is 6.04 Å². The third kappa shape index (κ3) is 3.01. The number of hydrogen-bond donors (Lipinski definition) is 2. The zero-order valence-electron chi connectivity index (χ0n) is 11.1. The van der Waals surface area contributed by atoms with E-state index in [2.05, 4.69) is 17.4 Å². The number of fused-ring (bicyclic) bond motifs is 1. The second-order valence-electron chi connectivity index (χ2n) is 5.29. The molecule has 0 spiro atoms. The second kappa shape index (κ2) is 5.80. The van der Waals surface area contributed by atoms with Crippen LogP contribution in [0.5, 0.6) is 11.5 Å². The van der Waals surface area contributed by atoms with E-state index >= 15 is 0 Å². The Morgan fingerprint density at radius 1 is 1.16 bits per heavy atom. The van der Waals surface area contributed by atoms with Gasteiger partial charge in [-0.05, 0) is 49.9 Å². The summed E-state index contributed by atoms with van der Waals surface area (Å²) in [5.74, 6) is 1.69. The van der Waals surface area contributed by atoms with Crippen LogP contribution in [0.3, 0.4) is 0 Å². The molecule has 2 N–H and O–H groups in total. The first-order valence-electron chi connectivity index (χ1n) is 7.13. The molecular weight excluding hydrogens is 242 g/mol. The van der Waals surface area contributed by atoms with Crippen LogP contribution in [0.2, 0.25) is 0 Å². The van der Waals surface area contributed by atoms with Crippen molar-refractivity contribution in [3.63, 3.8) is 0 Å². The lowest BCUT2D eigenvalue weighted by molar-refractivity contribution is 0.149. The molecule has 0 saturated heterocycles. The molecule has 0 bridgehead atoms. The molecule has 3 rings (SSSR count). The molecule has 1 saturated carbocycles. The third-order valence-electron chi connectivity index (χ3n) is 3.91. The van der Waals surface area contributed by atoms with E-state index in [0.717, 1.165) is 43.7 Å². The van der Waals surface area contributed by atoms with Crippen molar-refractivity contribution in [1.82, 2.24) is 5.32 Å². The van der Waals surface area contributed by atoms with E-state index in [1.807, 2.05) is 6.07 Å². The van der Waals surface area contributed by atoms with Gasteiger partial charge in [0.05, 0.1) is 6.10 Å². The topological polar surface area (TPSA) is 50.7 Å². The lowest BCUT2D eigenvalue weighted by Gasteiger charge is -2.19. The number of hydrogen-bond acceptors (Lipinski definition) is 4. The van der Waals surface area contributed by atoms with Crippen LogP contribution in [0.4, 0.5) is 0 Å². The fourth-order valence-corrected chi connectivity index (χ4v) is 2.82. The molecule has 19 heavy (non-hydrogen) atoms. The SMILES string of the molecule is O[C@@H]1CCC[C@H]1NCCc1ccc2c(c1)OCCO2. The number of ether oxygens (including phenoxy) is 2. The molecule has 0 amide bonds. The standard InChI is InChI=1S/C15H21NO3/c17-13-3-1-2-12(13)16-7-6-11-4-5-14-15(10-11)19-9-8-18-14/h4-5,10,12-13,16-17H,1-3,6-9H2/t12-,13-/m1/s1. The summed E-state index contributed by atoms with van der Waals surface area (Å²) < 4.78 is 11.1. The van der Waals surface area contributed by atoms with Crippen molar-refractivity contribution in [3.8, 4) is 11.5 Å². The summed E-state index contributed by atoms with van der Waals surface area (Å²) in [5.41, 5.74) is 1.24. The van der Waals surface area contributed by atoms with Gasteiger partial charge < -0.3 is 19.9 Å². The van der Waals surface area contributed by atoms with E-state index in [1.165, 1.54) is 5.56 Å². The fraction of sp³-hybridized carbons (Fsp3) is 0.600. The molecule has 1 aromatic rings. The van der Waals surface area contributed by atoms with Gasteiger partial charge in [-0.25, -0.2) is 0 Å². The number of aliphatic hydroxyl groups excluding tert-OH is 1. The van der Waals surface area contributed by atoms with Crippen LogP contribution in [-0.4, -0.2) is 37.0 Å². The van der Waals surface area contributed by atoms with Crippen molar-refractivity contribution in [3.05, 3.63) is 23.8 Å². The van der Waals surface area contributed by atoms with Crippen molar-refractivity contribution >= 4 is 0 Å². The van der Waals surface area contributed by atoms with Crippen LogP contribution in [0.25, 0.3) is 0 Å². The van der Waals surface area contributed by atoms with Crippen molar-refractivity contribution in [2.75, 3.05) is 19.8 Å². The highest BCUT2D eigenvalue weighted by atomic mass is 16.6. The van der Waals surface area contributed by atoms with Crippen molar-refractivity contribution in [1.29, 1.82) is 0 Å². The third-order valence-corrected chi connectivity index (χ3v) is 3.91. The van der Waals surface area contributed by atoms with Crippen molar-refractivity contribution in [2.45, 2.75) is 37.8 Å². The quantitative estimate of drug-likeness (QED) is 0.864. The molecule has 104 valence electrons. The van der Waals surface area contributed by atoms with Gasteiger partial charge in [-0.15, -0.1) is 0 Å². The van der Waals surface area contributed by atoms with E-state index in [1.54, 1.807) is 0 Å². The Balaban J connectivity index is 1.52. The Labute approximate surface area is 113 Å². The van der Waals surface area contributed by atoms with Gasteiger partial charge in [0.2, 0.25) is 0 Å². The largest absolute Gasteiger partial charge is 0.486 e. The Morgan fingerprint density at radius 2 is 2.00 bits per heavy atom. The van der Waals surface area contributed by atoms with Crippen LogP contribution >= 0.6 is 0 Å². The first-order chi connectivity index (χ1) is 9.33. The summed E-state index contributed by atoms with van der Waals surface area (Å²) in [6.45, 7) is 2.15. The molecule has 4 heteroatoms. The Bertz CT molecular complexity index is 435. The lowest BCUT2D eigenvalue weighted by Crippen LogP contribution is -2.36. The predicted octanol–water partition coefficient (Wildman–Crippen LogP) is 1.50. The minimum absolute atomic E-state index is 0.166. The summed E-state index contributed by atoms with van der Waals surface area (Å²) in [4.78, 5) is 0. The first-order valence-corrected chi connectivity index (χ1v) is 7.13. The molecule has 1 aliphatic carbocycles. The summed E-state index contributed by atoms with van der Waals surface area (Å²) in [6, 6.07) is 6.40.